The summed E-state index contributed by atoms with van der Waals surface area (Å²) in [6, 6.07) is 4.77. The Kier molecular flexibility index (Phi) is 6.85. The van der Waals surface area contributed by atoms with E-state index in [1.54, 1.807) is 34.2 Å². The van der Waals surface area contributed by atoms with Crippen molar-refractivity contribution in [3.05, 3.63) is 34.2 Å². The highest BCUT2D eigenvalue weighted by molar-refractivity contribution is 7.89. The van der Waals surface area contributed by atoms with Gasteiger partial charge < -0.3 is 9.72 Å². The number of aromatic amines is 1. The highest BCUT2D eigenvalue weighted by Gasteiger charge is 2.27. The van der Waals surface area contributed by atoms with Crippen LogP contribution in [0.25, 0.3) is 22.4 Å². The Bertz CT molecular complexity index is 1300. The third kappa shape index (κ3) is 4.54. The van der Waals surface area contributed by atoms with Crippen LogP contribution in [0.15, 0.2) is 27.9 Å². The van der Waals surface area contributed by atoms with Crippen molar-refractivity contribution in [3.63, 3.8) is 0 Å². The van der Waals surface area contributed by atoms with E-state index in [2.05, 4.69) is 10.1 Å². The van der Waals surface area contributed by atoms with Gasteiger partial charge in [0.25, 0.3) is 5.56 Å². The standard InChI is InChI=1S/C23H31N5O4S/c1-4-10-18-20-21(27(3)26-18)23(29)25-22(24-20)17-15-16(11-12-19(17)32-5-2)33(30,31)28-13-8-6-7-9-14-28/h11-12,15H,4-10,13-14H2,1-3H3,(H,24,25,29). The van der Waals surface area contributed by atoms with E-state index >= 15 is 0 Å². The fraction of sp³-hybridized carbons (Fsp3) is 0.522. The van der Waals surface area contributed by atoms with Crippen LogP contribution < -0.4 is 10.3 Å². The molecule has 3 aromatic rings. The number of nitrogens with one attached hydrogen (secondary N) is 1. The summed E-state index contributed by atoms with van der Waals surface area (Å²) < 4.78 is 35.7. The molecule has 178 valence electrons. The van der Waals surface area contributed by atoms with Gasteiger partial charge in [-0.05, 0) is 44.4 Å². The molecule has 0 unspecified atom stereocenters. The van der Waals surface area contributed by atoms with Gasteiger partial charge in [0.1, 0.15) is 17.1 Å². The molecule has 0 saturated carbocycles. The first-order chi connectivity index (χ1) is 15.9. The summed E-state index contributed by atoms with van der Waals surface area (Å²) in [6.45, 7) is 5.32. The van der Waals surface area contributed by atoms with Crippen LogP contribution in [0.5, 0.6) is 5.75 Å². The molecule has 9 nitrogen and oxygen atoms in total. The topological polar surface area (TPSA) is 110 Å². The van der Waals surface area contributed by atoms with Gasteiger partial charge >= 0.3 is 0 Å². The summed E-state index contributed by atoms with van der Waals surface area (Å²) in [5.41, 5.74) is 1.79. The van der Waals surface area contributed by atoms with Crippen LogP contribution in [0.3, 0.4) is 0 Å². The van der Waals surface area contributed by atoms with Gasteiger partial charge in [0.15, 0.2) is 5.52 Å². The summed E-state index contributed by atoms with van der Waals surface area (Å²) in [5.74, 6) is 0.741. The van der Waals surface area contributed by atoms with Crippen molar-refractivity contribution in [1.82, 2.24) is 24.1 Å². The third-order valence-corrected chi connectivity index (χ3v) is 7.85. The molecular weight excluding hydrogens is 442 g/mol. The maximum absolute atomic E-state index is 13.4. The lowest BCUT2D eigenvalue weighted by Gasteiger charge is -2.21. The van der Waals surface area contributed by atoms with E-state index in [1.165, 1.54) is 0 Å². The Balaban J connectivity index is 1.87. The largest absolute Gasteiger partial charge is 0.493 e. The van der Waals surface area contributed by atoms with Crippen LogP contribution in [0, 0.1) is 0 Å². The lowest BCUT2D eigenvalue weighted by molar-refractivity contribution is 0.341. The second kappa shape index (κ2) is 9.64. The van der Waals surface area contributed by atoms with E-state index in [9.17, 15) is 13.2 Å². The molecule has 1 fully saturated rings. The van der Waals surface area contributed by atoms with Crippen LogP contribution in [-0.4, -0.2) is 52.2 Å². The van der Waals surface area contributed by atoms with Gasteiger partial charge in [0.2, 0.25) is 10.0 Å². The molecule has 1 N–H and O–H groups in total. The molecule has 0 spiro atoms. The lowest BCUT2D eigenvalue weighted by atomic mass is 10.1. The number of sulfonamides is 1. The average Bonchev–Trinajstić information content (AvgIpc) is 2.96. The highest BCUT2D eigenvalue weighted by Crippen LogP contribution is 2.32. The predicted octanol–water partition coefficient (Wildman–Crippen LogP) is 3.24. The summed E-state index contributed by atoms with van der Waals surface area (Å²) in [6.07, 6.45) is 5.35. The molecule has 2 aromatic heterocycles. The quantitative estimate of drug-likeness (QED) is 0.564. The zero-order valence-electron chi connectivity index (χ0n) is 19.4. The minimum atomic E-state index is -3.67. The first-order valence-electron chi connectivity index (χ1n) is 11.6. The molecular formula is C23H31N5O4S. The monoisotopic (exact) mass is 473 g/mol. The zero-order chi connectivity index (χ0) is 23.6. The first kappa shape index (κ1) is 23.4. The Labute approximate surface area is 193 Å². The molecule has 1 saturated heterocycles. The van der Waals surface area contributed by atoms with Gasteiger partial charge in [-0.2, -0.15) is 9.40 Å². The average molecular weight is 474 g/mol. The molecule has 0 aliphatic carbocycles. The molecule has 10 heteroatoms. The molecule has 0 amide bonds. The van der Waals surface area contributed by atoms with Crippen LogP contribution in [0.4, 0.5) is 0 Å². The van der Waals surface area contributed by atoms with Crippen LogP contribution >= 0.6 is 0 Å². The molecule has 1 aromatic carbocycles. The fourth-order valence-corrected chi connectivity index (χ4v) is 5.89. The van der Waals surface area contributed by atoms with Gasteiger partial charge in [0.05, 0.1) is 22.8 Å². The second-order valence-electron chi connectivity index (χ2n) is 8.34. The Hall–Kier alpha value is -2.72. The number of aryl methyl sites for hydroxylation is 2. The first-order valence-corrected chi connectivity index (χ1v) is 13.0. The zero-order valence-corrected chi connectivity index (χ0v) is 20.2. The van der Waals surface area contributed by atoms with Gasteiger partial charge in [-0.15, -0.1) is 0 Å². The molecule has 0 radical (unpaired) electrons. The number of hydrogen-bond acceptors (Lipinski definition) is 6. The number of nitrogens with zero attached hydrogens (tertiary/aromatic N) is 4. The third-order valence-electron chi connectivity index (χ3n) is 5.96. The Morgan fingerprint density at radius 2 is 1.85 bits per heavy atom. The van der Waals surface area contributed by atoms with Crippen LogP contribution in [0.2, 0.25) is 0 Å². The number of hydrogen-bond donors (Lipinski definition) is 1. The van der Waals surface area contributed by atoms with E-state index in [4.69, 9.17) is 9.72 Å². The molecule has 3 heterocycles. The van der Waals surface area contributed by atoms with Crippen molar-refractivity contribution in [3.8, 4) is 17.1 Å². The summed E-state index contributed by atoms with van der Waals surface area (Å²) in [7, 11) is -1.95. The lowest BCUT2D eigenvalue weighted by Crippen LogP contribution is -2.32. The normalized spacial score (nSPS) is 15.6. The Morgan fingerprint density at radius 3 is 2.52 bits per heavy atom. The van der Waals surface area contributed by atoms with Crippen molar-refractivity contribution in [2.24, 2.45) is 7.05 Å². The van der Waals surface area contributed by atoms with Crippen molar-refractivity contribution >= 4 is 21.1 Å². The number of fused-ring (bicyclic) bond motifs is 1. The molecule has 4 rings (SSSR count). The van der Waals surface area contributed by atoms with Crippen LogP contribution in [-0.2, 0) is 23.5 Å². The van der Waals surface area contributed by atoms with Crippen LogP contribution in [0.1, 0.15) is 51.6 Å². The SMILES string of the molecule is CCCc1nn(C)c2c(=O)[nH]c(-c3cc(S(=O)(=O)N4CCCCCC4)ccc3OCC)nc12. The molecule has 33 heavy (non-hydrogen) atoms. The number of rotatable bonds is 7. The number of aromatic nitrogens is 4. The molecule has 1 aliphatic heterocycles. The Morgan fingerprint density at radius 1 is 1.12 bits per heavy atom. The van der Waals surface area contributed by atoms with Crippen molar-refractivity contribution < 1.29 is 13.2 Å². The highest BCUT2D eigenvalue weighted by atomic mass is 32.2. The number of H-pyrrole nitrogens is 1. The number of benzene rings is 1. The minimum absolute atomic E-state index is 0.172. The van der Waals surface area contributed by atoms with E-state index in [1.807, 2.05) is 13.8 Å². The molecule has 0 atom stereocenters. The van der Waals surface area contributed by atoms with Gasteiger partial charge in [-0.1, -0.05) is 26.2 Å². The maximum atomic E-state index is 13.4. The minimum Gasteiger partial charge on any atom is -0.493 e. The van der Waals surface area contributed by atoms with Crippen molar-refractivity contribution in [1.29, 1.82) is 0 Å². The summed E-state index contributed by atoms with van der Waals surface area (Å²) in [4.78, 5) is 20.6. The van der Waals surface area contributed by atoms with E-state index in [0.717, 1.165) is 37.8 Å². The molecule has 1 aliphatic rings. The molecule has 0 bridgehead atoms. The van der Waals surface area contributed by atoms with E-state index in [0.29, 0.717) is 48.5 Å². The summed E-state index contributed by atoms with van der Waals surface area (Å²) in [5, 5.41) is 4.46. The smallest absolute Gasteiger partial charge is 0.277 e. The van der Waals surface area contributed by atoms with Gasteiger partial charge in [0, 0.05) is 20.1 Å². The number of ether oxygens (including phenoxy) is 1. The summed E-state index contributed by atoms with van der Waals surface area (Å²) >= 11 is 0. The second-order valence-corrected chi connectivity index (χ2v) is 10.3. The van der Waals surface area contributed by atoms with Crippen molar-refractivity contribution in [2.45, 2.75) is 57.3 Å². The predicted molar refractivity (Wildman–Crippen MR) is 127 cm³/mol. The van der Waals surface area contributed by atoms with Crippen molar-refractivity contribution in [2.75, 3.05) is 19.7 Å². The van der Waals surface area contributed by atoms with E-state index < -0.39 is 10.0 Å². The van der Waals surface area contributed by atoms with Gasteiger partial charge in [-0.25, -0.2) is 13.4 Å². The van der Waals surface area contributed by atoms with E-state index in [-0.39, 0.29) is 16.3 Å². The van der Waals surface area contributed by atoms with Gasteiger partial charge in [-0.3, -0.25) is 9.48 Å². The maximum Gasteiger partial charge on any atom is 0.277 e. The fourth-order valence-electron chi connectivity index (χ4n) is 4.35.